The fourth-order valence-corrected chi connectivity index (χ4v) is 2.90. The smallest absolute Gasteiger partial charge is 0.239 e. The molecule has 2 aromatic rings. The Labute approximate surface area is 174 Å². The third-order valence-electron chi connectivity index (χ3n) is 4.60. The van der Waals surface area contributed by atoms with E-state index >= 15 is 0 Å². The third kappa shape index (κ3) is 5.79. The minimum atomic E-state index is 0.0184. The standard InChI is InChI=1S/C23H32N4O2/c1-7-8-14-29-21-12-11-19(23(3,4)5)16-18(21)15-17(2)27(26-24)20-10-9-13-25-22(20)28-6/h9-13,15-16,24H,7-8,14H2,1-6H3/b17-15+,26-24?. The van der Waals surface area contributed by atoms with Gasteiger partial charge in [0.15, 0.2) is 0 Å². The number of methoxy groups -OCH3 is 1. The second-order valence-corrected chi connectivity index (χ2v) is 7.93. The van der Waals surface area contributed by atoms with E-state index in [9.17, 15) is 0 Å². The van der Waals surface area contributed by atoms with Crippen LogP contribution >= 0.6 is 0 Å². The van der Waals surface area contributed by atoms with Crippen LogP contribution in [0.15, 0.2) is 47.4 Å². The molecular formula is C23H32N4O2. The Morgan fingerprint density at radius 1 is 1.28 bits per heavy atom. The molecule has 0 saturated heterocycles. The van der Waals surface area contributed by atoms with Gasteiger partial charge in [0.1, 0.15) is 11.4 Å². The van der Waals surface area contributed by atoms with Gasteiger partial charge in [0.2, 0.25) is 5.88 Å². The molecule has 0 unspecified atom stereocenters. The zero-order valence-electron chi connectivity index (χ0n) is 18.3. The van der Waals surface area contributed by atoms with E-state index in [1.54, 1.807) is 19.4 Å². The number of ether oxygens (including phenoxy) is 2. The molecular weight excluding hydrogens is 364 g/mol. The number of aromatic nitrogens is 1. The predicted octanol–water partition coefficient (Wildman–Crippen LogP) is 6.38. The fraction of sp³-hybridized carbons (Fsp3) is 0.435. The van der Waals surface area contributed by atoms with Gasteiger partial charge in [-0.3, -0.25) is 0 Å². The molecule has 0 radical (unpaired) electrons. The van der Waals surface area contributed by atoms with Crippen LogP contribution < -0.4 is 14.5 Å². The van der Waals surface area contributed by atoms with Crippen LogP contribution in [-0.2, 0) is 5.41 Å². The summed E-state index contributed by atoms with van der Waals surface area (Å²) in [6, 6.07) is 9.91. The molecule has 0 spiro atoms. The lowest BCUT2D eigenvalue weighted by molar-refractivity contribution is 0.308. The first-order valence-corrected chi connectivity index (χ1v) is 9.94. The molecule has 1 aromatic heterocycles. The number of hydrogen-bond donors (Lipinski definition) is 1. The number of nitrogens with one attached hydrogen (secondary N) is 1. The Bertz CT molecular complexity index is 856. The van der Waals surface area contributed by atoms with Crippen LogP contribution in [0, 0.1) is 5.53 Å². The van der Waals surface area contributed by atoms with Gasteiger partial charge in [-0.2, -0.15) is 5.53 Å². The number of nitrogens with zero attached hydrogens (tertiary/aromatic N) is 3. The third-order valence-corrected chi connectivity index (χ3v) is 4.60. The van der Waals surface area contributed by atoms with Crippen molar-refractivity contribution < 1.29 is 9.47 Å². The molecule has 0 amide bonds. The summed E-state index contributed by atoms with van der Waals surface area (Å²) in [6.07, 6.45) is 5.72. The molecule has 0 atom stereocenters. The number of hydrogen-bond acceptors (Lipinski definition) is 5. The maximum absolute atomic E-state index is 7.69. The van der Waals surface area contributed by atoms with Crippen molar-refractivity contribution in [2.75, 3.05) is 18.7 Å². The lowest BCUT2D eigenvalue weighted by atomic mass is 9.86. The maximum Gasteiger partial charge on any atom is 0.239 e. The van der Waals surface area contributed by atoms with Crippen molar-refractivity contribution in [2.45, 2.75) is 52.9 Å². The average molecular weight is 397 g/mol. The molecule has 0 bridgehead atoms. The summed E-state index contributed by atoms with van der Waals surface area (Å²) < 4.78 is 11.4. The highest BCUT2D eigenvalue weighted by atomic mass is 16.5. The van der Waals surface area contributed by atoms with Crippen LogP contribution in [0.2, 0.25) is 0 Å². The fourth-order valence-electron chi connectivity index (χ4n) is 2.90. The lowest BCUT2D eigenvalue weighted by Gasteiger charge is -2.22. The summed E-state index contributed by atoms with van der Waals surface area (Å²) in [5.74, 6) is 1.24. The monoisotopic (exact) mass is 396 g/mol. The molecule has 0 fully saturated rings. The first kappa shape index (κ1) is 22.4. The molecule has 1 aromatic carbocycles. The summed E-state index contributed by atoms with van der Waals surface area (Å²) in [7, 11) is 1.56. The Kier molecular flexibility index (Phi) is 7.76. The van der Waals surface area contributed by atoms with Crippen molar-refractivity contribution in [3.05, 3.63) is 53.4 Å². The van der Waals surface area contributed by atoms with E-state index in [2.05, 4.69) is 50.0 Å². The highest BCUT2D eigenvalue weighted by Crippen LogP contribution is 2.33. The summed E-state index contributed by atoms with van der Waals surface area (Å²) in [5, 5.41) is 5.20. The number of benzene rings is 1. The lowest BCUT2D eigenvalue weighted by Crippen LogP contribution is -2.14. The summed E-state index contributed by atoms with van der Waals surface area (Å²) in [6.45, 7) is 11.3. The van der Waals surface area contributed by atoms with Gasteiger partial charge >= 0.3 is 0 Å². The van der Waals surface area contributed by atoms with E-state index in [0.717, 1.165) is 29.9 Å². The molecule has 0 aliphatic rings. The number of rotatable bonds is 9. The topological polar surface area (TPSA) is 70.8 Å². The molecule has 0 aliphatic heterocycles. The quantitative estimate of drug-likeness (QED) is 0.303. The molecule has 0 saturated carbocycles. The minimum Gasteiger partial charge on any atom is -0.493 e. The molecule has 2 rings (SSSR count). The number of unbranched alkanes of at least 4 members (excludes halogenated alkanes) is 1. The molecule has 29 heavy (non-hydrogen) atoms. The molecule has 1 N–H and O–H groups in total. The molecule has 6 heteroatoms. The highest BCUT2D eigenvalue weighted by Gasteiger charge is 2.18. The largest absolute Gasteiger partial charge is 0.493 e. The van der Waals surface area contributed by atoms with E-state index < -0.39 is 0 Å². The van der Waals surface area contributed by atoms with E-state index in [1.807, 2.05) is 25.1 Å². The normalized spacial score (nSPS) is 11.9. The van der Waals surface area contributed by atoms with Gasteiger partial charge in [-0.1, -0.05) is 45.4 Å². The Balaban J connectivity index is 2.48. The zero-order valence-corrected chi connectivity index (χ0v) is 18.3. The van der Waals surface area contributed by atoms with Crippen LogP contribution in [-0.4, -0.2) is 18.7 Å². The van der Waals surface area contributed by atoms with Crippen LogP contribution in [0.25, 0.3) is 6.08 Å². The van der Waals surface area contributed by atoms with Crippen molar-refractivity contribution in [1.29, 1.82) is 5.53 Å². The van der Waals surface area contributed by atoms with Crippen LogP contribution in [0.1, 0.15) is 58.6 Å². The predicted molar refractivity (Wildman–Crippen MR) is 118 cm³/mol. The van der Waals surface area contributed by atoms with E-state index in [1.165, 1.54) is 10.6 Å². The van der Waals surface area contributed by atoms with E-state index in [0.29, 0.717) is 18.2 Å². The summed E-state index contributed by atoms with van der Waals surface area (Å²) in [5.41, 5.74) is 11.3. The SMILES string of the molecule is CCCCOc1ccc(C(C)(C)C)cc1/C=C(\C)N(N=N)c1cccnc1OC. The molecule has 1 heterocycles. The van der Waals surface area contributed by atoms with E-state index in [4.69, 9.17) is 15.0 Å². The van der Waals surface area contributed by atoms with Gasteiger partial charge < -0.3 is 9.47 Å². The van der Waals surface area contributed by atoms with Gasteiger partial charge in [-0.25, -0.2) is 9.99 Å². The van der Waals surface area contributed by atoms with Crippen LogP contribution in [0.3, 0.4) is 0 Å². The summed E-state index contributed by atoms with van der Waals surface area (Å²) >= 11 is 0. The van der Waals surface area contributed by atoms with Crippen molar-refractivity contribution in [3.8, 4) is 11.6 Å². The van der Waals surface area contributed by atoms with Crippen molar-refractivity contribution in [1.82, 2.24) is 4.98 Å². The highest BCUT2D eigenvalue weighted by molar-refractivity contribution is 5.67. The number of pyridine rings is 1. The minimum absolute atomic E-state index is 0.0184. The Morgan fingerprint density at radius 3 is 2.66 bits per heavy atom. The Morgan fingerprint density at radius 2 is 2.03 bits per heavy atom. The number of anilines is 1. The second kappa shape index (κ2) is 10.0. The van der Waals surface area contributed by atoms with Crippen molar-refractivity contribution in [2.24, 2.45) is 5.22 Å². The van der Waals surface area contributed by atoms with Crippen LogP contribution in [0.4, 0.5) is 5.69 Å². The van der Waals surface area contributed by atoms with Gasteiger partial charge in [0.05, 0.1) is 13.7 Å². The van der Waals surface area contributed by atoms with Gasteiger partial charge in [-0.05, 0) is 54.7 Å². The maximum atomic E-state index is 7.69. The molecule has 0 aliphatic carbocycles. The van der Waals surface area contributed by atoms with Gasteiger partial charge in [-0.15, -0.1) is 0 Å². The molecule has 6 nitrogen and oxygen atoms in total. The van der Waals surface area contributed by atoms with Crippen LogP contribution in [0.5, 0.6) is 11.6 Å². The number of allylic oxidation sites excluding steroid dienone is 1. The van der Waals surface area contributed by atoms with Crippen molar-refractivity contribution >= 4 is 11.8 Å². The Hall–Kier alpha value is -2.89. The summed E-state index contributed by atoms with van der Waals surface area (Å²) in [4.78, 5) is 4.21. The zero-order chi connectivity index (χ0) is 21.4. The second-order valence-electron chi connectivity index (χ2n) is 7.93. The first-order valence-electron chi connectivity index (χ1n) is 9.94. The average Bonchev–Trinajstić information content (AvgIpc) is 2.69. The first-order chi connectivity index (χ1) is 13.8. The molecule has 156 valence electrons. The van der Waals surface area contributed by atoms with E-state index in [-0.39, 0.29) is 5.41 Å². The van der Waals surface area contributed by atoms with Gasteiger partial charge in [0, 0.05) is 17.5 Å². The van der Waals surface area contributed by atoms with Crippen molar-refractivity contribution in [3.63, 3.8) is 0 Å². The van der Waals surface area contributed by atoms with Gasteiger partial charge in [0.25, 0.3) is 0 Å².